The van der Waals surface area contributed by atoms with Crippen LogP contribution in [0.25, 0.3) is 27.5 Å². The van der Waals surface area contributed by atoms with E-state index in [1.165, 1.54) is 20.6 Å². The van der Waals surface area contributed by atoms with Crippen LogP contribution in [-0.4, -0.2) is 34.6 Å². The molecule has 0 aliphatic heterocycles. The first-order valence-corrected chi connectivity index (χ1v) is 15.8. The fourth-order valence-corrected chi connectivity index (χ4v) is 6.76. The van der Waals surface area contributed by atoms with Gasteiger partial charge in [-0.15, -0.1) is 24.5 Å². The Balaban J connectivity index is 0.000000910. The van der Waals surface area contributed by atoms with Crippen LogP contribution in [0.5, 0.6) is 0 Å². The van der Waals surface area contributed by atoms with Crippen LogP contribution in [0.2, 0.25) is 0 Å². The van der Waals surface area contributed by atoms with Gasteiger partial charge in [-0.25, -0.2) is 14.8 Å². The number of pyridine rings is 1. The summed E-state index contributed by atoms with van der Waals surface area (Å²) in [5, 5.41) is 4.02. The topological polar surface area (TPSA) is 94.8 Å². The maximum Gasteiger partial charge on any atom is 0.351 e. The van der Waals surface area contributed by atoms with Crippen LogP contribution in [0, 0.1) is 13.8 Å². The average Bonchev–Trinajstić information content (AvgIpc) is 3.63. The van der Waals surface area contributed by atoms with Crippen molar-refractivity contribution >= 4 is 41.6 Å². The number of carbonyl (C=O) groups is 1. The molecule has 0 radical (unpaired) electrons. The van der Waals surface area contributed by atoms with E-state index >= 15 is 0 Å². The number of nitrogens with one attached hydrogen (secondary N) is 1. The molecule has 3 heterocycles. The van der Waals surface area contributed by atoms with Gasteiger partial charge in [0.25, 0.3) is 0 Å². The van der Waals surface area contributed by atoms with Crippen molar-refractivity contribution in [3.05, 3.63) is 102 Å². The molecule has 5 aromatic rings. The molecule has 0 saturated heterocycles. The van der Waals surface area contributed by atoms with E-state index in [2.05, 4.69) is 42.1 Å². The molecule has 220 valence electrons. The number of fused-ring (bicyclic) bond motifs is 1. The Hall–Kier alpha value is -4.04. The molecule has 5 rings (SSSR count). The summed E-state index contributed by atoms with van der Waals surface area (Å²) in [7, 11) is -0.902. The molecule has 0 aliphatic rings. The number of ether oxygens (including phenoxy) is 1. The maximum absolute atomic E-state index is 13.8. The van der Waals surface area contributed by atoms with Crippen molar-refractivity contribution in [1.82, 2.24) is 14.4 Å². The summed E-state index contributed by atoms with van der Waals surface area (Å²) in [5.41, 5.74) is 5.33. The van der Waals surface area contributed by atoms with Crippen molar-refractivity contribution in [2.24, 2.45) is 0 Å². The number of thiazole rings is 1. The molecule has 1 unspecified atom stereocenters. The van der Waals surface area contributed by atoms with Crippen molar-refractivity contribution < 1.29 is 18.6 Å². The van der Waals surface area contributed by atoms with Crippen molar-refractivity contribution in [3.63, 3.8) is 0 Å². The van der Waals surface area contributed by atoms with Crippen molar-refractivity contribution in [2.45, 2.75) is 34.1 Å². The van der Waals surface area contributed by atoms with Crippen molar-refractivity contribution in [1.29, 1.82) is 0 Å². The largest absolute Gasteiger partial charge is 0.465 e. The monoisotopic (exact) mass is 604 g/mol. The number of methoxy groups -OCH3 is 1. The van der Waals surface area contributed by atoms with Gasteiger partial charge in [0.2, 0.25) is 0 Å². The number of rotatable bonds is 7. The number of aromatic nitrogens is 3. The van der Waals surface area contributed by atoms with Crippen LogP contribution in [0.4, 0.5) is 5.82 Å². The van der Waals surface area contributed by atoms with Crippen molar-refractivity contribution in [3.8, 4) is 21.8 Å². The Morgan fingerprint density at radius 3 is 2.26 bits per heavy atom. The Bertz CT molecular complexity index is 1660. The number of carbonyl (C=O) groups excluding carboxylic acids is 1. The minimum absolute atomic E-state index is 0.154. The summed E-state index contributed by atoms with van der Waals surface area (Å²) in [5.74, 6) is -0.419. The lowest BCUT2D eigenvalue weighted by Gasteiger charge is -2.20. The van der Waals surface area contributed by atoms with E-state index in [1.807, 2.05) is 85.2 Å². The SMILES string of the molecule is C=C.CCC.COC(=O)c1sc(-c2ccc(-c3cn4ccccc4n3)cc2)nc1NP(=O)(OC)c1ccc(C)cc1C. The molecule has 1 atom stereocenters. The van der Waals surface area contributed by atoms with Gasteiger partial charge in [0.05, 0.1) is 18.1 Å². The first-order chi connectivity index (χ1) is 20.2. The molecule has 0 amide bonds. The summed E-state index contributed by atoms with van der Waals surface area (Å²) in [6.07, 6.45) is 5.18. The van der Waals surface area contributed by atoms with Gasteiger partial charge >= 0.3 is 13.5 Å². The number of hydrogen-bond donors (Lipinski definition) is 1. The predicted octanol–water partition coefficient (Wildman–Crippen LogP) is 8.32. The van der Waals surface area contributed by atoms with Crippen LogP contribution in [0.3, 0.4) is 0 Å². The van der Waals surface area contributed by atoms with Gasteiger partial charge in [-0.3, -0.25) is 9.65 Å². The summed E-state index contributed by atoms with van der Waals surface area (Å²) in [4.78, 5) is 22.1. The van der Waals surface area contributed by atoms with Gasteiger partial charge in [-0.1, -0.05) is 68.3 Å². The van der Waals surface area contributed by atoms with E-state index in [-0.39, 0.29) is 10.7 Å². The molecule has 10 heteroatoms. The first kappa shape index (κ1) is 32.5. The van der Waals surface area contributed by atoms with Crippen LogP contribution in [-0.2, 0) is 13.8 Å². The predicted molar refractivity (Wildman–Crippen MR) is 174 cm³/mol. The van der Waals surface area contributed by atoms with E-state index in [4.69, 9.17) is 9.26 Å². The normalized spacial score (nSPS) is 11.9. The molecular weight excluding hydrogens is 567 g/mol. The Kier molecular flexibility index (Phi) is 11.4. The summed E-state index contributed by atoms with van der Waals surface area (Å²) < 4.78 is 26.3. The second-order valence-electron chi connectivity index (χ2n) is 9.20. The smallest absolute Gasteiger partial charge is 0.351 e. The van der Waals surface area contributed by atoms with Crippen LogP contribution in [0.15, 0.2) is 86.2 Å². The molecule has 0 aliphatic carbocycles. The van der Waals surface area contributed by atoms with Gasteiger partial charge in [0.1, 0.15) is 10.7 Å². The zero-order valence-electron chi connectivity index (χ0n) is 24.9. The highest BCUT2D eigenvalue weighted by molar-refractivity contribution is 7.68. The van der Waals surface area contributed by atoms with Gasteiger partial charge in [-0.05, 0) is 37.6 Å². The Labute approximate surface area is 251 Å². The number of anilines is 1. The Morgan fingerprint density at radius 1 is 1.00 bits per heavy atom. The zero-order valence-corrected chi connectivity index (χ0v) is 26.6. The molecule has 0 spiro atoms. The summed E-state index contributed by atoms with van der Waals surface area (Å²) in [6.45, 7) is 14.1. The molecule has 8 nitrogen and oxygen atoms in total. The lowest BCUT2D eigenvalue weighted by Crippen LogP contribution is -2.17. The highest BCUT2D eigenvalue weighted by Gasteiger charge is 2.31. The molecule has 42 heavy (non-hydrogen) atoms. The number of nitrogens with zero attached hydrogens (tertiary/aromatic N) is 3. The molecular formula is C32H37N4O4PS. The third-order valence-corrected chi connectivity index (χ3v) is 9.21. The van der Waals surface area contributed by atoms with E-state index in [0.717, 1.165) is 44.9 Å². The second-order valence-corrected chi connectivity index (χ2v) is 12.4. The molecule has 0 fully saturated rings. The van der Waals surface area contributed by atoms with Gasteiger partial charge < -0.3 is 13.7 Å². The fraction of sp³-hybridized carbons (Fsp3) is 0.219. The summed E-state index contributed by atoms with van der Waals surface area (Å²) >= 11 is 1.16. The van der Waals surface area contributed by atoms with E-state index in [9.17, 15) is 9.36 Å². The highest BCUT2D eigenvalue weighted by atomic mass is 32.1. The van der Waals surface area contributed by atoms with E-state index < -0.39 is 13.5 Å². The quantitative estimate of drug-likeness (QED) is 0.113. The number of benzene rings is 2. The van der Waals surface area contributed by atoms with Crippen LogP contribution in [0.1, 0.15) is 41.1 Å². The average molecular weight is 605 g/mol. The fourth-order valence-electron chi connectivity index (χ4n) is 4.09. The third-order valence-electron chi connectivity index (χ3n) is 5.97. The number of aryl methyl sites for hydroxylation is 2. The molecule has 3 aromatic heterocycles. The zero-order chi connectivity index (χ0) is 30.9. The number of esters is 1. The molecule has 0 bridgehead atoms. The third kappa shape index (κ3) is 7.23. The van der Waals surface area contributed by atoms with Gasteiger partial charge in [0, 0.05) is 30.6 Å². The number of imidazole rings is 1. The minimum atomic E-state index is -3.57. The lowest BCUT2D eigenvalue weighted by molar-refractivity contribution is 0.0607. The van der Waals surface area contributed by atoms with Crippen molar-refractivity contribution in [2.75, 3.05) is 19.3 Å². The second kappa shape index (κ2) is 14.7. The molecule has 1 N–H and O–H groups in total. The van der Waals surface area contributed by atoms with E-state index in [0.29, 0.717) is 10.3 Å². The first-order valence-electron chi connectivity index (χ1n) is 13.4. The van der Waals surface area contributed by atoms with Gasteiger partial charge in [-0.2, -0.15) is 0 Å². The highest BCUT2D eigenvalue weighted by Crippen LogP contribution is 2.47. The maximum atomic E-state index is 13.8. The molecule has 0 saturated carbocycles. The van der Waals surface area contributed by atoms with Crippen LogP contribution >= 0.6 is 18.9 Å². The van der Waals surface area contributed by atoms with Gasteiger partial charge in [0.15, 0.2) is 10.7 Å². The standard InChI is InChI=1S/C27H25N4O4PS.C3H8.C2H4/c1-17-8-13-22(18(2)15-17)36(33,35-4)30-25-24(27(32)34-3)37-26(29-25)20-11-9-19(10-12-20)21-16-31-14-6-5-7-23(31)28-21;1-3-2;1-2/h5-16H,1-4H3,(H,30,33);3H2,1-2H3;1-2H2. The molecule has 2 aromatic carbocycles. The van der Waals surface area contributed by atoms with E-state index in [1.54, 1.807) is 6.07 Å². The minimum Gasteiger partial charge on any atom is -0.465 e. The Morgan fingerprint density at radius 2 is 1.67 bits per heavy atom. The lowest BCUT2D eigenvalue weighted by atomic mass is 10.1. The summed E-state index contributed by atoms with van der Waals surface area (Å²) in [6, 6.07) is 19.2. The number of hydrogen-bond acceptors (Lipinski definition) is 7. The van der Waals surface area contributed by atoms with Crippen LogP contribution < -0.4 is 10.4 Å².